The van der Waals surface area contributed by atoms with Crippen LogP contribution in [0, 0.1) is 5.92 Å². The molecule has 1 aliphatic carbocycles. The minimum absolute atomic E-state index is 0.120. The Morgan fingerprint density at radius 1 is 1.28 bits per heavy atom. The van der Waals surface area contributed by atoms with Gasteiger partial charge in [-0.15, -0.1) is 0 Å². The summed E-state index contributed by atoms with van der Waals surface area (Å²) in [6, 6.07) is 9.09. The van der Waals surface area contributed by atoms with Gasteiger partial charge in [0.1, 0.15) is 17.3 Å². The first-order valence-electron chi connectivity index (χ1n) is 5.60. The Hall–Kier alpha value is -2.07. The van der Waals surface area contributed by atoms with Crippen LogP contribution in [0.3, 0.4) is 0 Å². The third-order valence-electron chi connectivity index (χ3n) is 2.99. The summed E-state index contributed by atoms with van der Waals surface area (Å²) in [6.45, 7) is 0. The van der Waals surface area contributed by atoms with Gasteiger partial charge in [0.05, 0.1) is 0 Å². The van der Waals surface area contributed by atoms with Crippen LogP contribution in [0.15, 0.2) is 54.3 Å². The average Bonchev–Trinajstić information content (AvgIpc) is 2.28. The summed E-state index contributed by atoms with van der Waals surface area (Å²) in [5.41, 5.74) is -0.794. The third kappa shape index (κ3) is 2.43. The van der Waals surface area contributed by atoms with Crippen LogP contribution in [0.5, 0.6) is 0 Å². The number of aliphatic hydroxyl groups is 2. The van der Waals surface area contributed by atoms with Crippen LogP contribution in [-0.4, -0.2) is 26.9 Å². The quantitative estimate of drug-likeness (QED) is 0.758. The summed E-state index contributed by atoms with van der Waals surface area (Å²) in [5.74, 6) is -2.30. The highest BCUT2D eigenvalue weighted by Crippen LogP contribution is 2.30. The second-order valence-corrected chi connectivity index (χ2v) is 4.40. The molecule has 2 rings (SSSR count). The molecule has 0 saturated heterocycles. The molecule has 0 aromatic heterocycles. The van der Waals surface area contributed by atoms with E-state index in [1.165, 1.54) is 18.2 Å². The van der Waals surface area contributed by atoms with Gasteiger partial charge in [-0.1, -0.05) is 36.4 Å². The molecule has 2 atom stereocenters. The van der Waals surface area contributed by atoms with Crippen LogP contribution in [0.25, 0.3) is 0 Å². The molecule has 2 unspecified atom stereocenters. The molecule has 0 aliphatic heterocycles. The predicted octanol–water partition coefficient (Wildman–Crippen LogP) is 1.67. The summed E-state index contributed by atoms with van der Waals surface area (Å²) in [6.07, 6.45) is 3.93. The number of aliphatic hydroxyl groups excluding tert-OH is 1. The van der Waals surface area contributed by atoms with E-state index in [1.54, 1.807) is 12.1 Å². The van der Waals surface area contributed by atoms with E-state index in [2.05, 4.69) is 0 Å². The largest absolute Gasteiger partial charge is 0.508 e. The summed E-state index contributed by atoms with van der Waals surface area (Å²) in [7, 11) is 0. The van der Waals surface area contributed by atoms with Gasteiger partial charge >= 0.3 is 5.97 Å². The highest BCUT2D eigenvalue weighted by Gasteiger charge is 2.40. The van der Waals surface area contributed by atoms with E-state index in [0.717, 1.165) is 5.56 Å². The lowest BCUT2D eigenvalue weighted by atomic mass is 9.79. The maximum Gasteiger partial charge on any atom is 0.313 e. The van der Waals surface area contributed by atoms with Crippen molar-refractivity contribution in [1.29, 1.82) is 0 Å². The van der Waals surface area contributed by atoms with Gasteiger partial charge in [0.25, 0.3) is 0 Å². The lowest BCUT2D eigenvalue weighted by molar-refractivity contribution is -0.146. The van der Waals surface area contributed by atoms with Gasteiger partial charge in [-0.3, -0.25) is 4.79 Å². The fraction of sp³-hybridized carbons (Fsp3) is 0.214. The first kappa shape index (κ1) is 12.4. The molecule has 18 heavy (non-hydrogen) atoms. The standard InChI is InChI=1S/C14H14O4/c15-11-6-7-12(13(16)17)14(18,9-11)8-10-4-2-1-3-5-10/h1-7,9,12,15,18H,8H2,(H,16,17). The Kier molecular flexibility index (Phi) is 3.21. The Morgan fingerprint density at radius 2 is 1.94 bits per heavy atom. The van der Waals surface area contributed by atoms with Gasteiger partial charge in [0, 0.05) is 6.42 Å². The Balaban J connectivity index is 2.32. The summed E-state index contributed by atoms with van der Waals surface area (Å²) in [4.78, 5) is 11.1. The first-order valence-corrected chi connectivity index (χ1v) is 5.60. The van der Waals surface area contributed by atoms with Crippen molar-refractivity contribution in [1.82, 2.24) is 0 Å². The highest BCUT2D eigenvalue weighted by atomic mass is 16.4. The van der Waals surface area contributed by atoms with Gasteiger partial charge in [0.2, 0.25) is 0 Å². The van der Waals surface area contributed by atoms with Crippen molar-refractivity contribution in [2.75, 3.05) is 0 Å². The van der Waals surface area contributed by atoms with Crippen LogP contribution in [0.2, 0.25) is 0 Å². The Bertz CT molecular complexity index is 504. The second kappa shape index (κ2) is 4.66. The number of hydrogen-bond acceptors (Lipinski definition) is 3. The van der Waals surface area contributed by atoms with Crippen LogP contribution < -0.4 is 0 Å². The molecule has 4 heteroatoms. The number of rotatable bonds is 3. The summed E-state index contributed by atoms with van der Waals surface area (Å²) in [5, 5.41) is 29.0. The van der Waals surface area contributed by atoms with E-state index < -0.39 is 17.5 Å². The monoisotopic (exact) mass is 246 g/mol. The summed E-state index contributed by atoms with van der Waals surface area (Å²) >= 11 is 0. The molecule has 1 aromatic carbocycles. The molecule has 0 saturated carbocycles. The number of benzene rings is 1. The zero-order chi connectivity index (χ0) is 13.2. The number of allylic oxidation sites excluding steroid dienone is 1. The van der Waals surface area contributed by atoms with Crippen molar-refractivity contribution in [2.45, 2.75) is 12.0 Å². The van der Waals surface area contributed by atoms with Crippen LogP contribution in [0.1, 0.15) is 5.56 Å². The van der Waals surface area contributed by atoms with Crippen molar-refractivity contribution in [3.63, 3.8) is 0 Å². The van der Waals surface area contributed by atoms with E-state index in [-0.39, 0.29) is 12.2 Å². The maximum absolute atomic E-state index is 11.1. The predicted molar refractivity (Wildman–Crippen MR) is 66.1 cm³/mol. The lowest BCUT2D eigenvalue weighted by Gasteiger charge is -2.31. The van der Waals surface area contributed by atoms with E-state index in [0.29, 0.717) is 0 Å². The molecule has 0 amide bonds. The molecule has 0 fully saturated rings. The Morgan fingerprint density at radius 3 is 2.56 bits per heavy atom. The van der Waals surface area contributed by atoms with E-state index in [1.807, 2.05) is 18.2 Å². The van der Waals surface area contributed by atoms with Crippen molar-refractivity contribution >= 4 is 5.97 Å². The Labute approximate surface area is 105 Å². The minimum atomic E-state index is -1.61. The fourth-order valence-electron chi connectivity index (χ4n) is 2.14. The van der Waals surface area contributed by atoms with Gasteiger partial charge in [-0.05, 0) is 17.7 Å². The topological polar surface area (TPSA) is 77.8 Å². The van der Waals surface area contributed by atoms with Crippen LogP contribution in [-0.2, 0) is 11.2 Å². The average molecular weight is 246 g/mol. The van der Waals surface area contributed by atoms with Gasteiger partial charge in [-0.2, -0.15) is 0 Å². The summed E-state index contributed by atoms with van der Waals surface area (Å²) < 4.78 is 0. The lowest BCUT2D eigenvalue weighted by Crippen LogP contribution is -2.43. The molecular formula is C14H14O4. The van der Waals surface area contributed by atoms with E-state index in [4.69, 9.17) is 5.11 Å². The molecule has 0 heterocycles. The van der Waals surface area contributed by atoms with Crippen molar-refractivity contribution in [2.24, 2.45) is 5.92 Å². The molecule has 1 aliphatic rings. The van der Waals surface area contributed by atoms with Crippen molar-refractivity contribution in [3.05, 3.63) is 59.9 Å². The molecule has 94 valence electrons. The number of carboxylic acids is 1. The maximum atomic E-state index is 11.1. The molecule has 0 spiro atoms. The molecular weight excluding hydrogens is 232 g/mol. The molecule has 4 nitrogen and oxygen atoms in total. The normalized spacial score (nSPS) is 26.7. The van der Waals surface area contributed by atoms with Gasteiger partial charge in [-0.25, -0.2) is 0 Å². The zero-order valence-electron chi connectivity index (χ0n) is 9.65. The van der Waals surface area contributed by atoms with Crippen molar-refractivity contribution < 1.29 is 20.1 Å². The smallest absolute Gasteiger partial charge is 0.313 e. The highest BCUT2D eigenvalue weighted by molar-refractivity contribution is 5.75. The molecule has 0 radical (unpaired) electrons. The molecule has 1 aromatic rings. The molecule has 3 N–H and O–H groups in total. The first-order chi connectivity index (χ1) is 8.51. The SMILES string of the molecule is O=C(O)C1C=CC(O)=CC1(O)Cc1ccccc1. The number of carboxylic acid groups (broad SMARTS) is 1. The number of carbonyl (C=O) groups is 1. The van der Waals surface area contributed by atoms with E-state index >= 15 is 0 Å². The van der Waals surface area contributed by atoms with Crippen molar-refractivity contribution in [3.8, 4) is 0 Å². The number of hydrogen-bond donors (Lipinski definition) is 3. The zero-order valence-corrected chi connectivity index (χ0v) is 9.65. The van der Waals surface area contributed by atoms with E-state index in [9.17, 15) is 15.0 Å². The third-order valence-corrected chi connectivity index (χ3v) is 2.99. The molecule has 0 bridgehead atoms. The van der Waals surface area contributed by atoms with Crippen LogP contribution in [0.4, 0.5) is 0 Å². The fourth-order valence-corrected chi connectivity index (χ4v) is 2.14. The van der Waals surface area contributed by atoms with Crippen LogP contribution >= 0.6 is 0 Å². The second-order valence-electron chi connectivity index (χ2n) is 4.40. The number of aliphatic carboxylic acids is 1. The minimum Gasteiger partial charge on any atom is -0.508 e. The van der Waals surface area contributed by atoms with Gasteiger partial charge < -0.3 is 15.3 Å². The van der Waals surface area contributed by atoms with Gasteiger partial charge in [0.15, 0.2) is 0 Å².